The van der Waals surface area contributed by atoms with Crippen molar-refractivity contribution in [3.63, 3.8) is 0 Å². The van der Waals surface area contributed by atoms with Gasteiger partial charge >= 0.3 is 0 Å². The first-order valence-electron chi connectivity index (χ1n) is 11.3. The van der Waals surface area contributed by atoms with Crippen LogP contribution in [0.5, 0.6) is 0 Å². The molecule has 0 atom stereocenters. The molecule has 4 aromatic rings. The Kier molecular flexibility index (Phi) is 6.89. The van der Waals surface area contributed by atoms with Crippen molar-refractivity contribution in [2.24, 2.45) is 0 Å². The zero-order valence-corrected chi connectivity index (χ0v) is 19.3. The second-order valence-corrected chi connectivity index (χ2v) is 7.82. The summed E-state index contributed by atoms with van der Waals surface area (Å²) in [5.74, 6) is -0.267. The number of hydrogen-bond acceptors (Lipinski definition) is 4. The van der Waals surface area contributed by atoms with Crippen molar-refractivity contribution in [1.82, 2.24) is 14.5 Å². The molecule has 1 saturated heterocycles. The molecule has 33 heavy (non-hydrogen) atoms. The van der Waals surface area contributed by atoms with Crippen LogP contribution in [0.15, 0.2) is 59.8 Å². The number of ether oxygens (including phenoxy) is 1. The summed E-state index contributed by atoms with van der Waals surface area (Å²) in [6.45, 7) is 9.00. The number of H-pyrrole nitrogens is 1. The Hall–Kier alpha value is -3.45. The Labute approximate surface area is 192 Å². The van der Waals surface area contributed by atoms with Crippen molar-refractivity contribution in [2.45, 2.75) is 27.3 Å². The van der Waals surface area contributed by atoms with E-state index in [1.54, 1.807) is 37.4 Å². The number of aryl methyl sites for hydroxylation is 1. The van der Waals surface area contributed by atoms with Crippen molar-refractivity contribution < 1.29 is 9.13 Å². The lowest BCUT2D eigenvalue weighted by Gasteiger charge is -2.28. The summed E-state index contributed by atoms with van der Waals surface area (Å²) in [4.78, 5) is 22.8. The zero-order chi connectivity index (χ0) is 23.4. The van der Waals surface area contributed by atoms with E-state index in [0.29, 0.717) is 24.3 Å². The summed E-state index contributed by atoms with van der Waals surface area (Å²) in [7, 11) is 0. The maximum Gasteiger partial charge on any atom is 0.251 e. The number of halogens is 1. The summed E-state index contributed by atoms with van der Waals surface area (Å²) in [5, 5.41) is 0.964. The molecule has 1 fully saturated rings. The fraction of sp³-hybridized carbons (Fsp3) is 0.308. The number of nitrogens with zero attached hydrogens (tertiary/aromatic N) is 3. The first kappa shape index (κ1) is 22.7. The molecule has 1 aliphatic heterocycles. The molecule has 7 heteroatoms. The van der Waals surface area contributed by atoms with E-state index in [1.165, 1.54) is 4.57 Å². The van der Waals surface area contributed by atoms with Crippen molar-refractivity contribution in [3.8, 4) is 11.1 Å². The van der Waals surface area contributed by atoms with Crippen molar-refractivity contribution >= 4 is 16.7 Å². The van der Waals surface area contributed by atoms with E-state index >= 15 is 0 Å². The van der Waals surface area contributed by atoms with Gasteiger partial charge in [-0.3, -0.25) is 4.79 Å². The van der Waals surface area contributed by atoms with Crippen LogP contribution >= 0.6 is 0 Å². The van der Waals surface area contributed by atoms with E-state index in [1.807, 2.05) is 32.3 Å². The predicted octanol–water partition coefficient (Wildman–Crippen LogP) is 4.75. The lowest BCUT2D eigenvalue weighted by molar-refractivity contribution is 0.122. The molecule has 3 aromatic heterocycles. The number of anilines is 1. The molecule has 5 rings (SSSR count). The smallest absolute Gasteiger partial charge is 0.251 e. The first-order chi connectivity index (χ1) is 16.1. The molecule has 1 aromatic carbocycles. The standard InChI is InChI=1S/C24H23FN4O2.C2H6/c1-16-3-2-4-18(23(16)25)15-29-6-5-17(11-22(29)30)21-14-27-24-20(21)12-19(13-26-24)28-7-9-31-10-8-28;1-2/h2-6,11-14H,7-10,15H2,1H3,(H,26,27);1-2H3. The minimum Gasteiger partial charge on any atom is -0.378 e. The van der Waals surface area contributed by atoms with Gasteiger partial charge in [0.25, 0.3) is 5.56 Å². The summed E-state index contributed by atoms with van der Waals surface area (Å²) >= 11 is 0. The molecule has 0 bridgehead atoms. The number of aromatic nitrogens is 3. The SMILES string of the molecule is CC.Cc1cccc(Cn2ccc(-c3c[nH]c4ncc(N5CCOCC5)cc34)cc2=O)c1F. The molecule has 0 aliphatic carbocycles. The first-order valence-corrected chi connectivity index (χ1v) is 11.3. The lowest BCUT2D eigenvalue weighted by atomic mass is 10.1. The molecule has 172 valence electrons. The molecule has 1 N–H and O–H groups in total. The third-order valence-electron chi connectivity index (χ3n) is 5.81. The Balaban J connectivity index is 0.00000126. The maximum absolute atomic E-state index is 14.3. The van der Waals surface area contributed by atoms with Gasteiger partial charge < -0.3 is 19.2 Å². The van der Waals surface area contributed by atoms with E-state index in [9.17, 15) is 9.18 Å². The number of fused-ring (bicyclic) bond motifs is 1. The normalized spacial score (nSPS) is 13.6. The Morgan fingerprint density at radius 2 is 1.94 bits per heavy atom. The molecular weight excluding hydrogens is 419 g/mol. The number of rotatable bonds is 4. The van der Waals surface area contributed by atoms with Gasteiger partial charge in [-0.15, -0.1) is 0 Å². The summed E-state index contributed by atoms with van der Waals surface area (Å²) in [6, 6.07) is 10.8. The van der Waals surface area contributed by atoms with Gasteiger partial charge in [0.2, 0.25) is 0 Å². The second-order valence-electron chi connectivity index (χ2n) is 7.82. The van der Waals surface area contributed by atoms with E-state index in [4.69, 9.17) is 4.74 Å². The van der Waals surface area contributed by atoms with E-state index in [2.05, 4.69) is 20.9 Å². The number of morpholine rings is 1. The highest BCUT2D eigenvalue weighted by Crippen LogP contribution is 2.30. The summed E-state index contributed by atoms with van der Waals surface area (Å²) in [5.41, 5.74) is 4.44. The Morgan fingerprint density at radius 1 is 1.15 bits per heavy atom. The zero-order valence-electron chi connectivity index (χ0n) is 19.3. The Bertz CT molecular complexity index is 1310. The number of aromatic amines is 1. The second kappa shape index (κ2) is 10.0. The van der Waals surface area contributed by atoms with Gasteiger partial charge in [0.15, 0.2) is 0 Å². The molecule has 0 amide bonds. The molecule has 6 nitrogen and oxygen atoms in total. The van der Waals surface area contributed by atoms with Crippen molar-refractivity contribution in [3.05, 3.63) is 82.3 Å². The van der Waals surface area contributed by atoms with Crippen LogP contribution in [0.4, 0.5) is 10.1 Å². The third-order valence-corrected chi connectivity index (χ3v) is 5.81. The van der Waals surface area contributed by atoms with Crippen LogP contribution in [-0.2, 0) is 11.3 Å². The van der Waals surface area contributed by atoms with Crippen LogP contribution < -0.4 is 10.5 Å². The quantitative estimate of drug-likeness (QED) is 0.489. The highest BCUT2D eigenvalue weighted by Gasteiger charge is 2.15. The number of hydrogen-bond donors (Lipinski definition) is 1. The van der Waals surface area contributed by atoms with Crippen LogP contribution in [0.2, 0.25) is 0 Å². The lowest BCUT2D eigenvalue weighted by Crippen LogP contribution is -2.36. The van der Waals surface area contributed by atoms with E-state index in [-0.39, 0.29) is 17.9 Å². The van der Waals surface area contributed by atoms with E-state index in [0.717, 1.165) is 40.9 Å². The minimum atomic E-state index is -0.267. The van der Waals surface area contributed by atoms with Crippen LogP contribution in [0.1, 0.15) is 25.0 Å². The number of nitrogens with one attached hydrogen (secondary N) is 1. The van der Waals surface area contributed by atoms with Gasteiger partial charge in [-0.2, -0.15) is 0 Å². The van der Waals surface area contributed by atoms with Crippen LogP contribution in [0, 0.1) is 12.7 Å². The monoisotopic (exact) mass is 448 g/mol. The predicted molar refractivity (Wildman–Crippen MR) is 130 cm³/mol. The van der Waals surface area contributed by atoms with Gasteiger partial charge in [0, 0.05) is 48.1 Å². The van der Waals surface area contributed by atoms with Crippen LogP contribution in [0.3, 0.4) is 0 Å². The van der Waals surface area contributed by atoms with Gasteiger partial charge in [-0.1, -0.05) is 32.0 Å². The van der Waals surface area contributed by atoms with Gasteiger partial charge in [0.1, 0.15) is 11.5 Å². The maximum atomic E-state index is 14.3. The van der Waals surface area contributed by atoms with E-state index < -0.39 is 0 Å². The topological polar surface area (TPSA) is 63.1 Å². The fourth-order valence-corrected chi connectivity index (χ4v) is 4.05. The van der Waals surface area contributed by atoms with Crippen LogP contribution in [0.25, 0.3) is 22.2 Å². The minimum absolute atomic E-state index is 0.176. The summed E-state index contributed by atoms with van der Waals surface area (Å²) < 4.78 is 21.3. The molecule has 0 radical (unpaired) electrons. The van der Waals surface area contributed by atoms with Gasteiger partial charge in [0.05, 0.1) is 31.6 Å². The fourth-order valence-electron chi connectivity index (χ4n) is 4.05. The van der Waals surface area contributed by atoms with Gasteiger partial charge in [-0.05, 0) is 30.2 Å². The number of benzene rings is 1. The third kappa shape index (κ3) is 4.68. The number of pyridine rings is 2. The average molecular weight is 449 g/mol. The Morgan fingerprint density at radius 3 is 2.70 bits per heavy atom. The molecule has 0 spiro atoms. The molecule has 1 aliphatic rings. The highest BCUT2D eigenvalue weighted by molar-refractivity contribution is 5.95. The van der Waals surface area contributed by atoms with Crippen molar-refractivity contribution in [2.75, 3.05) is 31.2 Å². The molecule has 0 unspecified atom stereocenters. The molecule has 4 heterocycles. The van der Waals surface area contributed by atoms with Crippen LogP contribution in [-0.4, -0.2) is 40.8 Å². The molecule has 0 saturated carbocycles. The molecular formula is C26H29FN4O2. The van der Waals surface area contributed by atoms with Gasteiger partial charge in [-0.25, -0.2) is 9.37 Å². The van der Waals surface area contributed by atoms with Crippen molar-refractivity contribution in [1.29, 1.82) is 0 Å². The highest BCUT2D eigenvalue weighted by atomic mass is 19.1. The summed E-state index contributed by atoms with van der Waals surface area (Å²) in [6.07, 6.45) is 5.46. The largest absolute Gasteiger partial charge is 0.378 e. The average Bonchev–Trinajstić information content (AvgIpc) is 3.28.